The molecule has 0 unspecified atom stereocenters. The van der Waals surface area contributed by atoms with Crippen LogP contribution in [-0.4, -0.2) is 56.0 Å². The van der Waals surface area contributed by atoms with Crippen molar-refractivity contribution in [3.8, 4) is 5.75 Å². The molecular weight excluding hydrogens is 424 g/mol. The van der Waals surface area contributed by atoms with Gasteiger partial charge in [-0.05, 0) is 29.8 Å². The largest absolute Gasteiger partial charge is 0.489 e. The van der Waals surface area contributed by atoms with Crippen molar-refractivity contribution in [2.24, 2.45) is 4.99 Å². The van der Waals surface area contributed by atoms with Crippen molar-refractivity contribution in [3.05, 3.63) is 60.2 Å². The molecule has 0 aliphatic carbocycles. The first-order chi connectivity index (χ1) is 14.4. The number of methoxy groups -OCH3 is 1. The minimum absolute atomic E-state index is 0.0500. The molecule has 1 amide bonds. The van der Waals surface area contributed by atoms with Crippen LogP contribution in [-0.2, 0) is 26.0 Å². The van der Waals surface area contributed by atoms with Crippen LogP contribution in [0.2, 0.25) is 0 Å². The number of thioether (sulfide) groups is 1. The van der Waals surface area contributed by atoms with E-state index in [0.717, 1.165) is 11.3 Å². The summed E-state index contributed by atoms with van der Waals surface area (Å²) in [5.74, 6) is 0.456. The fourth-order valence-electron chi connectivity index (χ4n) is 3.57. The molecule has 0 N–H and O–H groups in total. The first kappa shape index (κ1) is 20.9. The quantitative estimate of drug-likeness (QED) is 0.674. The molecular formula is C21H22N2O5S2. The number of benzene rings is 2. The van der Waals surface area contributed by atoms with Crippen LogP contribution in [0.5, 0.6) is 5.75 Å². The SMILES string of the molecule is COCC(=O)N=C1S[C@@H]2CS(=O)(=O)C[C@@H]2N1c1ccc(OCc2ccccc2)cc1. The Balaban J connectivity index is 1.54. The Morgan fingerprint density at radius 2 is 1.87 bits per heavy atom. The van der Waals surface area contributed by atoms with Crippen LogP contribution >= 0.6 is 11.8 Å². The van der Waals surface area contributed by atoms with Crippen molar-refractivity contribution in [2.75, 3.05) is 30.1 Å². The third-order valence-electron chi connectivity index (χ3n) is 4.92. The third-order valence-corrected chi connectivity index (χ3v) is 8.13. The van der Waals surface area contributed by atoms with Gasteiger partial charge in [0.05, 0.1) is 17.5 Å². The zero-order valence-electron chi connectivity index (χ0n) is 16.4. The van der Waals surface area contributed by atoms with E-state index in [-0.39, 0.29) is 29.4 Å². The van der Waals surface area contributed by atoms with Gasteiger partial charge in [0, 0.05) is 18.0 Å². The molecule has 158 valence electrons. The number of amidine groups is 1. The summed E-state index contributed by atoms with van der Waals surface area (Å²) in [6, 6.07) is 17.0. The van der Waals surface area contributed by atoms with Crippen molar-refractivity contribution < 1.29 is 22.7 Å². The highest BCUT2D eigenvalue weighted by Gasteiger charge is 2.49. The highest BCUT2D eigenvalue weighted by atomic mass is 32.2. The predicted molar refractivity (Wildman–Crippen MR) is 118 cm³/mol. The van der Waals surface area contributed by atoms with Crippen molar-refractivity contribution in [2.45, 2.75) is 17.9 Å². The van der Waals surface area contributed by atoms with E-state index in [0.29, 0.717) is 17.5 Å². The first-order valence-corrected chi connectivity index (χ1v) is 12.2. The van der Waals surface area contributed by atoms with Gasteiger partial charge in [-0.25, -0.2) is 8.42 Å². The Morgan fingerprint density at radius 1 is 1.13 bits per heavy atom. The maximum Gasteiger partial charge on any atom is 0.274 e. The van der Waals surface area contributed by atoms with Gasteiger partial charge in [0.1, 0.15) is 19.0 Å². The van der Waals surface area contributed by atoms with Crippen LogP contribution in [0.25, 0.3) is 0 Å². The third kappa shape index (κ3) is 4.69. The normalized spacial score (nSPS) is 23.5. The molecule has 2 aliphatic heterocycles. The minimum Gasteiger partial charge on any atom is -0.489 e. The second-order valence-electron chi connectivity index (χ2n) is 7.16. The van der Waals surface area contributed by atoms with Crippen LogP contribution in [0, 0.1) is 0 Å². The smallest absolute Gasteiger partial charge is 0.274 e. The number of carbonyl (C=O) groups excluding carboxylic acids is 1. The number of anilines is 1. The summed E-state index contributed by atoms with van der Waals surface area (Å²) in [6.45, 7) is 0.346. The molecule has 2 fully saturated rings. The summed E-state index contributed by atoms with van der Waals surface area (Å²) in [5, 5.41) is 0.373. The van der Waals surface area contributed by atoms with Crippen molar-refractivity contribution in [3.63, 3.8) is 0 Å². The van der Waals surface area contributed by atoms with Crippen molar-refractivity contribution in [1.29, 1.82) is 0 Å². The van der Waals surface area contributed by atoms with E-state index < -0.39 is 15.7 Å². The van der Waals surface area contributed by atoms with E-state index in [4.69, 9.17) is 9.47 Å². The van der Waals surface area contributed by atoms with Crippen LogP contribution < -0.4 is 9.64 Å². The number of amides is 1. The summed E-state index contributed by atoms with van der Waals surface area (Å²) in [5.41, 5.74) is 1.85. The molecule has 2 aliphatic rings. The van der Waals surface area contributed by atoms with E-state index in [2.05, 4.69) is 4.99 Å². The van der Waals surface area contributed by atoms with Gasteiger partial charge in [-0.2, -0.15) is 4.99 Å². The number of carbonyl (C=O) groups is 1. The molecule has 7 nitrogen and oxygen atoms in total. The second kappa shape index (κ2) is 8.79. The molecule has 0 aromatic heterocycles. The molecule has 9 heteroatoms. The van der Waals surface area contributed by atoms with Gasteiger partial charge in [-0.3, -0.25) is 4.79 Å². The Labute approximate surface area is 180 Å². The first-order valence-electron chi connectivity index (χ1n) is 9.49. The van der Waals surface area contributed by atoms with Gasteiger partial charge in [-0.15, -0.1) is 0 Å². The van der Waals surface area contributed by atoms with Gasteiger partial charge in [0.2, 0.25) is 0 Å². The van der Waals surface area contributed by atoms with E-state index in [9.17, 15) is 13.2 Å². The molecule has 0 spiro atoms. The van der Waals surface area contributed by atoms with Gasteiger partial charge in [-0.1, -0.05) is 42.1 Å². The van der Waals surface area contributed by atoms with Crippen LogP contribution in [0.15, 0.2) is 59.6 Å². The molecule has 4 rings (SSSR count). The van der Waals surface area contributed by atoms with Crippen LogP contribution in [0.1, 0.15) is 5.56 Å². The lowest BCUT2D eigenvalue weighted by molar-refractivity contribution is -0.121. The monoisotopic (exact) mass is 446 g/mol. The fraction of sp³-hybridized carbons (Fsp3) is 0.333. The Kier molecular flexibility index (Phi) is 6.12. The van der Waals surface area contributed by atoms with Gasteiger partial charge in [0.15, 0.2) is 15.0 Å². The minimum atomic E-state index is -3.11. The summed E-state index contributed by atoms with van der Waals surface area (Å²) < 4.78 is 35.0. The number of sulfone groups is 1. The maximum atomic E-state index is 12.1. The molecule has 30 heavy (non-hydrogen) atoms. The molecule has 2 atom stereocenters. The number of aliphatic imine (C=N–C) groups is 1. The van der Waals surface area contributed by atoms with Gasteiger partial charge >= 0.3 is 0 Å². The zero-order valence-corrected chi connectivity index (χ0v) is 18.1. The average Bonchev–Trinajstić information content (AvgIpc) is 3.18. The molecule has 2 saturated heterocycles. The number of hydrogen-bond acceptors (Lipinski definition) is 6. The molecule has 0 bridgehead atoms. The van der Waals surface area contributed by atoms with Crippen LogP contribution in [0.4, 0.5) is 5.69 Å². The predicted octanol–water partition coefficient (Wildman–Crippen LogP) is 2.51. The standard InChI is InChI=1S/C21H22N2O5S2/c1-27-12-20(24)22-21-23(18-13-30(25,26)14-19(18)29-21)16-7-9-17(10-8-16)28-11-15-5-3-2-4-6-15/h2-10,18-19H,11-14H2,1H3/t18-,19+/m0/s1. The van der Waals surface area contributed by atoms with Gasteiger partial charge < -0.3 is 14.4 Å². The molecule has 0 radical (unpaired) electrons. The van der Waals surface area contributed by atoms with Crippen molar-refractivity contribution >= 4 is 38.4 Å². The number of ether oxygens (including phenoxy) is 2. The van der Waals surface area contributed by atoms with Gasteiger partial charge in [0.25, 0.3) is 5.91 Å². The van der Waals surface area contributed by atoms with Crippen molar-refractivity contribution in [1.82, 2.24) is 0 Å². The fourth-order valence-corrected chi connectivity index (χ4v) is 7.50. The summed E-state index contributed by atoms with van der Waals surface area (Å²) in [6.07, 6.45) is 0. The second-order valence-corrected chi connectivity index (χ2v) is 10.5. The number of nitrogens with zero attached hydrogens (tertiary/aromatic N) is 2. The lowest BCUT2D eigenvalue weighted by Gasteiger charge is -2.24. The molecule has 2 heterocycles. The highest BCUT2D eigenvalue weighted by molar-refractivity contribution is 8.16. The zero-order chi connectivity index (χ0) is 21.1. The topological polar surface area (TPSA) is 85.3 Å². The van der Waals surface area contributed by atoms with Crippen LogP contribution in [0.3, 0.4) is 0 Å². The Morgan fingerprint density at radius 3 is 2.57 bits per heavy atom. The molecule has 0 saturated carbocycles. The average molecular weight is 447 g/mol. The number of rotatable bonds is 6. The van der Waals surface area contributed by atoms with E-state index in [1.165, 1.54) is 18.9 Å². The Bertz CT molecular complexity index is 1040. The van der Waals surface area contributed by atoms with E-state index >= 15 is 0 Å². The summed E-state index contributed by atoms with van der Waals surface area (Å²) >= 11 is 1.34. The number of hydrogen-bond donors (Lipinski definition) is 0. The number of fused-ring (bicyclic) bond motifs is 1. The summed E-state index contributed by atoms with van der Waals surface area (Å²) in [4.78, 5) is 18.0. The van der Waals surface area contributed by atoms with E-state index in [1.54, 1.807) is 0 Å². The molecule has 2 aromatic rings. The van der Waals surface area contributed by atoms with E-state index in [1.807, 2.05) is 59.5 Å². The molecule has 2 aromatic carbocycles. The Hall–Kier alpha value is -2.36. The lowest BCUT2D eigenvalue weighted by atomic mass is 10.2. The summed E-state index contributed by atoms with van der Waals surface area (Å²) in [7, 11) is -1.67. The highest BCUT2D eigenvalue weighted by Crippen LogP contribution is 2.41. The maximum absolute atomic E-state index is 12.1. The lowest BCUT2D eigenvalue weighted by Crippen LogP contribution is -2.37.